The van der Waals surface area contributed by atoms with E-state index in [1.807, 2.05) is 10.3 Å². The maximum absolute atomic E-state index is 12.6. The third kappa shape index (κ3) is 6.75. The number of amides is 1. The first-order valence-electron chi connectivity index (χ1n) is 9.15. The minimum atomic E-state index is 0. The molecule has 1 aromatic heterocycles. The molecule has 7 heteroatoms. The van der Waals surface area contributed by atoms with Gasteiger partial charge in [-0.15, -0.1) is 36.2 Å². The van der Waals surface area contributed by atoms with Crippen molar-refractivity contribution in [2.24, 2.45) is 5.92 Å². The van der Waals surface area contributed by atoms with Gasteiger partial charge in [0, 0.05) is 24.0 Å². The highest BCUT2D eigenvalue weighted by atomic mass is 35.5. The van der Waals surface area contributed by atoms with Crippen LogP contribution in [-0.4, -0.2) is 42.0 Å². The number of likely N-dealkylation sites (tertiary alicyclic amines) is 1. The van der Waals surface area contributed by atoms with E-state index in [2.05, 4.69) is 48.4 Å². The van der Waals surface area contributed by atoms with E-state index >= 15 is 0 Å². The van der Waals surface area contributed by atoms with E-state index < -0.39 is 0 Å². The maximum atomic E-state index is 12.6. The highest BCUT2D eigenvalue weighted by Crippen LogP contribution is 2.25. The second kappa shape index (κ2) is 11.6. The summed E-state index contributed by atoms with van der Waals surface area (Å²) in [7, 11) is 0. The first-order chi connectivity index (χ1) is 12.2. The third-order valence-electron chi connectivity index (χ3n) is 4.80. The molecule has 0 bridgehead atoms. The molecule has 1 aliphatic rings. The van der Waals surface area contributed by atoms with Gasteiger partial charge in [-0.05, 0) is 44.8 Å². The molecule has 0 atom stereocenters. The summed E-state index contributed by atoms with van der Waals surface area (Å²) in [5, 5.41) is 6.43. The monoisotopic (exact) mass is 429 g/mol. The molecule has 1 N–H and O–H groups in total. The fourth-order valence-corrected chi connectivity index (χ4v) is 4.12. The number of carbonyl (C=O) groups excluding carboxylic acids is 1. The van der Waals surface area contributed by atoms with Crippen molar-refractivity contribution in [3.63, 3.8) is 0 Å². The highest BCUT2D eigenvalue weighted by Gasteiger charge is 2.23. The van der Waals surface area contributed by atoms with Gasteiger partial charge in [-0.1, -0.05) is 30.7 Å². The Morgan fingerprint density at radius 2 is 2.04 bits per heavy atom. The Labute approximate surface area is 178 Å². The Morgan fingerprint density at radius 1 is 1.30 bits per heavy atom. The normalized spacial score (nSPS) is 14.4. The van der Waals surface area contributed by atoms with Gasteiger partial charge in [0.1, 0.15) is 5.01 Å². The zero-order valence-corrected chi connectivity index (χ0v) is 18.4. The van der Waals surface area contributed by atoms with Crippen LogP contribution in [-0.2, 0) is 11.2 Å². The van der Waals surface area contributed by atoms with Crippen LogP contribution in [0.5, 0.6) is 0 Å². The molecule has 0 aliphatic carbocycles. The predicted molar refractivity (Wildman–Crippen MR) is 118 cm³/mol. The van der Waals surface area contributed by atoms with Crippen molar-refractivity contribution in [2.75, 3.05) is 26.2 Å². The Hall–Kier alpha value is -1.14. The van der Waals surface area contributed by atoms with E-state index in [0.717, 1.165) is 55.3 Å². The number of carbonyl (C=O) groups is 1. The molecule has 1 saturated heterocycles. The van der Waals surface area contributed by atoms with Gasteiger partial charge in [0.15, 0.2) is 0 Å². The molecular formula is C20H29Cl2N3OS. The number of nitrogens with zero attached hydrogens (tertiary/aromatic N) is 2. The summed E-state index contributed by atoms with van der Waals surface area (Å²) in [6, 6.07) is 8.35. The lowest BCUT2D eigenvalue weighted by atomic mass is 9.96. The number of halogens is 2. The van der Waals surface area contributed by atoms with Crippen LogP contribution in [0.1, 0.15) is 31.0 Å². The number of piperidine rings is 1. The molecule has 3 rings (SSSR count). The number of nitrogens with one attached hydrogen (secondary N) is 1. The largest absolute Gasteiger partial charge is 0.342 e. The second-order valence-corrected chi connectivity index (χ2v) is 7.68. The molecule has 0 spiro atoms. The quantitative estimate of drug-likeness (QED) is 0.741. The average Bonchev–Trinajstić information content (AvgIpc) is 3.09. The van der Waals surface area contributed by atoms with Gasteiger partial charge in [0.25, 0.3) is 0 Å². The number of rotatable bonds is 6. The lowest BCUT2D eigenvalue weighted by molar-refractivity contribution is -0.131. The molecule has 27 heavy (non-hydrogen) atoms. The summed E-state index contributed by atoms with van der Waals surface area (Å²) in [5.74, 6) is 0.916. The van der Waals surface area contributed by atoms with Gasteiger partial charge < -0.3 is 10.2 Å². The number of aryl methyl sites for hydroxylation is 1. The van der Waals surface area contributed by atoms with E-state index in [9.17, 15) is 4.79 Å². The smallest absolute Gasteiger partial charge is 0.228 e. The van der Waals surface area contributed by atoms with Crippen molar-refractivity contribution < 1.29 is 4.79 Å². The number of thiazole rings is 1. The van der Waals surface area contributed by atoms with Crippen molar-refractivity contribution in [1.82, 2.24) is 15.2 Å². The van der Waals surface area contributed by atoms with Crippen LogP contribution in [0.2, 0.25) is 0 Å². The van der Waals surface area contributed by atoms with E-state index in [4.69, 9.17) is 0 Å². The van der Waals surface area contributed by atoms with Crippen LogP contribution < -0.4 is 5.32 Å². The molecule has 0 unspecified atom stereocenters. The molecule has 1 amide bonds. The minimum absolute atomic E-state index is 0. The van der Waals surface area contributed by atoms with Crippen molar-refractivity contribution >= 4 is 42.1 Å². The van der Waals surface area contributed by atoms with Gasteiger partial charge >= 0.3 is 0 Å². The van der Waals surface area contributed by atoms with Crippen LogP contribution in [0.25, 0.3) is 10.6 Å². The first-order valence-corrected chi connectivity index (χ1v) is 10.0. The van der Waals surface area contributed by atoms with Crippen molar-refractivity contribution in [3.8, 4) is 10.6 Å². The summed E-state index contributed by atoms with van der Waals surface area (Å²) in [4.78, 5) is 19.2. The van der Waals surface area contributed by atoms with Crippen LogP contribution in [0, 0.1) is 12.8 Å². The molecule has 2 aromatic rings. The van der Waals surface area contributed by atoms with Crippen LogP contribution >= 0.6 is 36.2 Å². The fourth-order valence-electron chi connectivity index (χ4n) is 3.30. The Kier molecular flexibility index (Phi) is 10.3. The SMILES string of the molecule is CCNCC1CCN(C(=O)Cc2csc(-c3cccc(C)c3)n2)CC1.Cl.Cl. The second-order valence-electron chi connectivity index (χ2n) is 6.82. The molecule has 150 valence electrons. The molecule has 1 aromatic carbocycles. The third-order valence-corrected chi connectivity index (χ3v) is 5.74. The van der Waals surface area contributed by atoms with Crippen LogP contribution in [0.15, 0.2) is 29.6 Å². The molecule has 0 radical (unpaired) electrons. The number of benzene rings is 1. The molecule has 0 saturated carbocycles. The minimum Gasteiger partial charge on any atom is -0.342 e. The summed E-state index contributed by atoms with van der Waals surface area (Å²) in [6.45, 7) is 8.07. The topological polar surface area (TPSA) is 45.2 Å². The average molecular weight is 430 g/mol. The lowest BCUT2D eigenvalue weighted by Gasteiger charge is -2.32. The Bertz CT molecular complexity index is 715. The van der Waals surface area contributed by atoms with Crippen molar-refractivity contribution in [3.05, 3.63) is 40.9 Å². The lowest BCUT2D eigenvalue weighted by Crippen LogP contribution is -2.41. The number of hydrogen-bond donors (Lipinski definition) is 1. The maximum Gasteiger partial charge on any atom is 0.228 e. The standard InChI is InChI=1S/C20H27N3OS.2ClH/c1-3-21-13-16-7-9-23(10-8-16)19(24)12-18-14-25-20(22-18)17-6-4-5-15(2)11-17;;/h4-6,11,14,16,21H,3,7-10,12-13H2,1-2H3;2*1H. The van der Waals surface area contributed by atoms with E-state index in [1.165, 1.54) is 5.56 Å². The summed E-state index contributed by atoms with van der Waals surface area (Å²) in [5.41, 5.74) is 3.25. The van der Waals surface area contributed by atoms with E-state index in [-0.39, 0.29) is 30.7 Å². The summed E-state index contributed by atoms with van der Waals surface area (Å²) in [6.07, 6.45) is 2.62. The Morgan fingerprint density at radius 3 is 2.70 bits per heavy atom. The van der Waals surface area contributed by atoms with Gasteiger partial charge in [-0.3, -0.25) is 4.79 Å². The van der Waals surface area contributed by atoms with Crippen molar-refractivity contribution in [2.45, 2.75) is 33.1 Å². The van der Waals surface area contributed by atoms with Gasteiger partial charge in [0.05, 0.1) is 12.1 Å². The number of hydrogen-bond acceptors (Lipinski definition) is 4. The highest BCUT2D eigenvalue weighted by molar-refractivity contribution is 7.13. The van der Waals surface area contributed by atoms with Gasteiger partial charge in [-0.2, -0.15) is 0 Å². The fraction of sp³-hybridized carbons (Fsp3) is 0.500. The van der Waals surface area contributed by atoms with Crippen LogP contribution in [0.4, 0.5) is 0 Å². The van der Waals surface area contributed by atoms with Crippen molar-refractivity contribution in [1.29, 1.82) is 0 Å². The molecule has 2 heterocycles. The predicted octanol–water partition coefficient (Wildman–Crippen LogP) is 4.35. The zero-order chi connectivity index (χ0) is 17.6. The number of aromatic nitrogens is 1. The zero-order valence-electron chi connectivity index (χ0n) is 15.9. The molecule has 4 nitrogen and oxygen atoms in total. The molecule has 1 fully saturated rings. The summed E-state index contributed by atoms with van der Waals surface area (Å²) >= 11 is 1.62. The Balaban J connectivity index is 0.00000182. The molecular weight excluding hydrogens is 401 g/mol. The van der Waals surface area contributed by atoms with Crippen LogP contribution in [0.3, 0.4) is 0 Å². The van der Waals surface area contributed by atoms with Gasteiger partial charge in [-0.25, -0.2) is 4.98 Å². The van der Waals surface area contributed by atoms with E-state index in [0.29, 0.717) is 12.3 Å². The summed E-state index contributed by atoms with van der Waals surface area (Å²) < 4.78 is 0. The van der Waals surface area contributed by atoms with E-state index in [1.54, 1.807) is 11.3 Å². The van der Waals surface area contributed by atoms with Gasteiger partial charge in [0.2, 0.25) is 5.91 Å². The molecule has 1 aliphatic heterocycles. The first kappa shape index (κ1) is 23.9.